The Morgan fingerprint density at radius 1 is 1.20 bits per heavy atom. The molecule has 0 aliphatic rings. The molecule has 0 aromatic heterocycles. The minimum absolute atomic E-state index is 0.0671. The van der Waals surface area contributed by atoms with Gasteiger partial charge in [0.1, 0.15) is 0 Å². The number of hydrogen-bond donors (Lipinski definition) is 1. The number of hydrogen-bond acceptors (Lipinski definition) is 1. The Bertz CT molecular complexity index is 593. The quantitative estimate of drug-likeness (QED) is 0.862. The topological polar surface area (TPSA) is 12.0 Å². The first-order chi connectivity index (χ1) is 9.51. The van der Waals surface area contributed by atoms with Crippen molar-refractivity contribution in [2.24, 2.45) is 0 Å². The molecule has 106 valence electrons. The fraction of sp³-hybridized carbons (Fsp3) is 0.250. The number of benzene rings is 2. The van der Waals surface area contributed by atoms with Crippen molar-refractivity contribution >= 4 is 15.9 Å². The van der Waals surface area contributed by atoms with Gasteiger partial charge in [0.25, 0.3) is 0 Å². The molecule has 0 aliphatic heterocycles. The van der Waals surface area contributed by atoms with Crippen molar-refractivity contribution in [1.82, 2.24) is 5.32 Å². The first-order valence-electron chi connectivity index (χ1n) is 6.38. The highest BCUT2D eigenvalue weighted by molar-refractivity contribution is 9.10. The van der Waals surface area contributed by atoms with Crippen molar-refractivity contribution in [2.75, 3.05) is 7.05 Å². The molecule has 0 saturated carbocycles. The summed E-state index contributed by atoms with van der Waals surface area (Å²) in [6, 6.07) is 10.3. The summed E-state index contributed by atoms with van der Waals surface area (Å²) in [6.45, 7) is 2.00. The number of nitrogens with one attached hydrogen (secondary N) is 1. The zero-order valence-electron chi connectivity index (χ0n) is 11.4. The van der Waals surface area contributed by atoms with Gasteiger partial charge in [0.05, 0.1) is 0 Å². The van der Waals surface area contributed by atoms with Crippen molar-refractivity contribution in [3.63, 3.8) is 0 Å². The van der Waals surface area contributed by atoms with E-state index in [-0.39, 0.29) is 6.04 Å². The van der Waals surface area contributed by atoms with E-state index in [9.17, 15) is 8.78 Å². The van der Waals surface area contributed by atoms with E-state index in [1.807, 2.05) is 32.2 Å². The molecule has 2 rings (SSSR count). The van der Waals surface area contributed by atoms with Crippen LogP contribution < -0.4 is 5.32 Å². The summed E-state index contributed by atoms with van der Waals surface area (Å²) in [7, 11) is 1.82. The maximum absolute atomic E-state index is 13.8. The third-order valence-corrected chi connectivity index (χ3v) is 3.73. The molecule has 0 bridgehead atoms. The van der Waals surface area contributed by atoms with Crippen LogP contribution in [0, 0.1) is 18.6 Å². The van der Waals surface area contributed by atoms with Gasteiger partial charge in [-0.2, -0.15) is 0 Å². The zero-order valence-corrected chi connectivity index (χ0v) is 13.0. The van der Waals surface area contributed by atoms with Crippen molar-refractivity contribution in [2.45, 2.75) is 19.4 Å². The summed E-state index contributed by atoms with van der Waals surface area (Å²) in [5.74, 6) is -1.57. The van der Waals surface area contributed by atoms with E-state index in [0.717, 1.165) is 21.7 Å². The SMILES string of the molecule is CNC(Cc1cccc(F)c1F)c1cc(C)cc(Br)c1. The van der Waals surface area contributed by atoms with Crippen LogP contribution in [-0.2, 0) is 6.42 Å². The maximum atomic E-state index is 13.8. The zero-order chi connectivity index (χ0) is 14.7. The third kappa shape index (κ3) is 3.44. The highest BCUT2D eigenvalue weighted by Gasteiger charge is 2.15. The molecule has 0 fully saturated rings. The second-order valence-electron chi connectivity index (χ2n) is 4.82. The monoisotopic (exact) mass is 339 g/mol. The van der Waals surface area contributed by atoms with Crippen LogP contribution in [0.4, 0.5) is 8.78 Å². The van der Waals surface area contributed by atoms with Gasteiger partial charge in [-0.15, -0.1) is 0 Å². The first kappa shape index (κ1) is 15.1. The fourth-order valence-corrected chi connectivity index (χ4v) is 2.90. The molecular formula is C16H16BrF2N. The van der Waals surface area contributed by atoms with Gasteiger partial charge in [-0.25, -0.2) is 8.78 Å². The lowest BCUT2D eigenvalue weighted by Gasteiger charge is -2.18. The van der Waals surface area contributed by atoms with E-state index >= 15 is 0 Å². The Labute approximate surface area is 126 Å². The summed E-state index contributed by atoms with van der Waals surface area (Å²) in [6.07, 6.45) is 0.399. The van der Waals surface area contributed by atoms with Crippen LogP contribution in [0.5, 0.6) is 0 Å². The van der Waals surface area contributed by atoms with Gasteiger partial charge in [0.15, 0.2) is 11.6 Å². The Hall–Kier alpha value is -1.26. The van der Waals surface area contributed by atoms with E-state index in [1.165, 1.54) is 6.07 Å². The Balaban J connectivity index is 2.31. The molecule has 0 saturated heterocycles. The van der Waals surface area contributed by atoms with E-state index in [4.69, 9.17) is 0 Å². The van der Waals surface area contributed by atoms with Crippen molar-refractivity contribution < 1.29 is 8.78 Å². The second-order valence-corrected chi connectivity index (χ2v) is 5.74. The van der Waals surface area contributed by atoms with Crippen LogP contribution in [0.1, 0.15) is 22.7 Å². The fourth-order valence-electron chi connectivity index (χ4n) is 2.28. The molecule has 1 nitrogen and oxygen atoms in total. The number of aryl methyl sites for hydroxylation is 1. The van der Waals surface area contributed by atoms with Gasteiger partial charge in [0.2, 0.25) is 0 Å². The summed E-state index contributed by atoms with van der Waals surface area (Å²) in [5, 5.41) is 3.16. The van der Waals surface area contributed by atoms with Crippen LogP contribution in [-0.4, -0.2) is 7.05 Å². The molecule has 2 aromatic carbocycles. The lowest BCUT2D eigenvalue weighted by molar-refractivity contribution is 0.487. The standard InChI is InChI=1S/C16H16BrF2N/c1-10-6-12(8-13(17)7-10)15(20-2)9-11-4-3-5-14(18)16(11)19/h3-8,15,20H,9H2,1-2H3. The molecular weight excluding hydrogens is 324 g/mol. The predicted octanol–water partition coefficient (Wildman–Crippen LogP) is 4.54. The Kier molecular flexibility index (Phi) is 4.89. The summed E-state index contributed by atoms with van der Waals surface area (Å²) < 4.78 is 28.0. The molecule has 0 radical (unpaired) electrons. The van der Waals surface area contributed by atoms with Crippen LogP contribution in [0.15, 0.2) is 40.9 Å². The second kappa shape index (κ2) is 6.46. The van der Waals surface area contributed by atoms with Crippen molar-refractivity contribution in [1.29, 1.82) is 0 Å². The number of likely N-dealkylation sites (N-methyl/N-ethyl adjacent to an activating group) is 1. The molecule has 1 N–H and O–H groups in total. The highest BCUT2D eigenvalue weighted by Crippen LogP contribution is 2.25. The van der Waals surface area contributed by atoms with Crippen LogP contribution in [0.3, 0.4) is 0 Å². The van der Waals surface area contributed by atoms with Gasteiger partial charge in [-0.1, -0.05) is 34.1 Å². The Morgan fingerprint density at radius 2 is 1.95 bits per heavy atom. The summed E-state index contributed by atoms with van der Waals surface area (Å²) in [5.41, 5.74) is 2.54. The molecule has 0 heterocycles. The molecule has 0 aliphatic carbocycles. The first-order valence-corrected chi connectivity index (χ1v) is 7.18. The molecule has 0 amide bonds. The van der Waals surface area contributed by atoms with E-state index in [2.05, 4.69) is 21.2 Å². The van der Waals surface area contributed by atoms with E-state index < -0.39 is 11.6 Å². The molecule has 1 atom stereocenters. The van der Waals surface area contributed by atoms with Gasteiger partial charge in [-0.3, -0.25) is 0 Å². The summed E-state index contributed by atoms with van der Waals surface area (Å²) in [4.78, 5) is 0. The Morgan fingerprint density at radius 3 is 2.60 bits per heavy atom. The molecule has 4 heteroatoms. The predicted molar refractivity (Wildman–Crippen MR) is 80.7 cm³/mol. The van der Waals surface area contributed by atoms with Crippen LogP contribution >= 0.6 is 15.9 Å². The summed E-state index contributed by atoms with van der Waals surface area (Å²) >= 11 is 3.46. The number of halogens is 3. The van der Waals surface area contributed by atoms with Gasteiger partial charge < -0.3 is 5.32 Å². The average Bonchev–Trinajstić information content (AvgIpc) is 2.39. The minimum Gasteiger partial charge on any atom is -0.313 e. The molecule has 20 heavy (non-hydrogen) atoms. The molecule has 2 aromatic rings. The maximum Gasteiger partial charge on any atom is 0.162 e. The average molecular weight is 340 g/mol. The third-order valence-electron chi connectivity index (χ3n) is 3.27. The normalized spacial score (nSPS) is 12.4. The smallest absolute Gasteiger partial charge is 0.162 e. The highest BCUT2D eigenvalue weighted by atomic mass is 79.9. The number of rotatable bonds is 4. The van der Waals surface area contributed by atoms with Crippen LogP contribution in [0.25, 0.3) is 0 Å². The van der Waals surface area contributed by atoms with E-state index in [0.29, 0.717) is 12.0 Å². The van der Waals surface area contributed by atoms with Gasteiger partial charge in [0, 0.05) is 10.5 Å². The lowest BCUT2D eigenvalue weighted by Crippen LogP contribution is -2.19. The molecule has 0 spiro atoms. The van der Waals surface area contributed by atoms with Gasteiger partial charge in [-0.05, 0) is 55.3 Å². The minimum atomic E-state index is -0.803. The van der Waals surface area contributed by atoms with Crippen LogP contribution in [0.2, 0.25) is 0 Å². The lowest BCUT2D eigenvalue weighted by atomic mass is 9.97. The van der Waals surface area contributed by atoms with Gasteiger partial charge >= 0.3 is 0 Å². The van der Waals surface area contributed by atoms with Crippen molar-refractivity contribution in [3.05, 3.63) is 69.2 Å². The molecule has 1 unspecified atom stereocenters. The largest absolute Gasteiger partial charge is 0.313 e. The van der Waals surface area contributed by atoms with E-state index in [1.54, 1.807) is 6.07 Å². The van der Waals surface area contributed by atoms with Crippen molar-refractivity contribution in [3.8, 4) is 0 Å².